The lowest BCUT2D eigenvalue weighted by Crippen LogP contribution is -2.36. The standard InChI is InChI=1S/C15H25NOS/c1-5-10-16-15(6-2)12(3)18-14-9-7-8-13(11-14)17-4/h7-9,11-12,15-16H,5-6,10H2,1-4H3. The Morgan fingerprint density at radius 2 is 2.11 bits per heavy atom. The number of hydrogen-bond donors (Lipinski definition) is 1. The van der Waals surface area contributed by atoms with Crippen molar-refractivity contribution in [2.75, 3.05) is 13.7 Å². The highest BCUT2D eigenvalue weighted by molar-refractivity contribution is 8.00. The Balaban J connectivity index is 2.58. The maximum atomic E-state index is 5.26. The van der Waals surface area contributed by atoms with Crippen LogP contribution in [0.15, 0.2) is 29.2 Å². The summed E-state index contributed by atoms with van der Waals surface area (Å²) in [6.45, 7) is 7.85. The zero-order valence-corrected chi connectivity index (χ0v) is 12.7. The van der Waals surface area contributed by atoms with Crippen LogP contribution in [0.2, 0.25) is 0 Å². The molecular weight excluding hydrogens is 242 g/mol. The van der Waals surface area contributed by atoms with Gasteiger partial charge in [-0.3, -0.25) is 0 Å². The summed E-state index contributed by atoms with van der Waals surface area (Å²) >= 11 is 1.91. The molecule has 0 radical (unpaired) electrons. The second-order valence-electron chi connectivity index (χ2n) is 4.47. The fraction of sp³-hybridized carbons (Fsp3) is 0.600. The van der Waals surface area contributed by atoms with E-state index >= 15 is 0 Å². The molecule has 3 heteroatoms. The number of methoxy groups -OCH3 is 1. The quantitative estimate of drug-likeness (QED) is 0.721. The van der Waals surface area contributed by atoms with Gasteiger partial charge in [0.2, 0.25) is 0 Å². The van der Waals surface area contributed by atoms with Gasteiger partial charge in [-0.05, 0) is 37.6 Å². The van der Waals surface area contributed by atoms with Crippen LogP contribution in [0, 0.1) is 0 Å². The number of hydrogen-bond acceptors (Lipinski definition) is 3. The van der Waals surface area contributed by atoms with Crippen molar-refractivity contribution < 1.29 is 4.74 Å². The van der Waals surface area contributed by atoms with E-state index in [0.717, 1.165) is 18.7 Å². The summed E-state index contributed by atoms with van der Waals surface area (Å²) in [6.07, 6.45) is 2.35. The van der Waals surface area contributed by atoms with Crippen LogP contribution in [-0.2, 0) is 0 Å². The van der Waals surface area contributed by atoms with Crippen LogP contribution < -0.4 is 10.1 Å². The monoisotopic (exact) mass is 267 g/mol. The predicted octanol–water partition coefficient (Wildman–Crippen LogP) is 3.95. The third-order valence-corrected chi connectivity index (χ3v) is 4.25. The fourth-order valence-electron chi connectivity index (χ4n) is 1.94. The van der Waals surface area contributed by atoms with Crippen molar-refractivity contribution in [1.29, 1.82) is 0 Å². The molecule has 2 atom stereocenters. The largest absolute Gasteiger partial charge is 0.497 e. The number of ether oxygens (including phenoxy) is 1. The van der Waals surface area contributed by atoms with Crippen molar-refractivity contribution in [3.63, 3.8) is 0 Å². The Hall–Kier alpha value is -0.670. The van der Waals surface area contributed by atoms with Crippen LogP contribution in [0.1, 0.15) is 33.6 Å². The van der Waals surface area contributed by atoms with Crippen molar-refractivity contribution in [3.8, 4) is 5.75 Å². The Kier molecular flexibility index (Phi) is 7.21. The lowest BCUT2D eigenvalue weighted by Gasteiger charge is -2.23. The summed E-state index contributed by atoms with van der Waals surface area (Å²) in [5.41, 5.74) is 0. The summed E-state index contributed by atoms with van der Waals surface area (Å²) in [6, 6.07) is 8.86. The summed E-state index contributed by atoms with van der Waals surface area (Å²) in [7, 11) is 1.71. The SMILES string of the molecule is CCCNC(CC)C(C)Sc1cccc(OC)c1. The molecule has 0 spiro atoms. The van der Waals surface area contributed by atoms with E-state index in [2.05, 4.69) is 38.2 Å². The summed E-state index contributed by atoms with van der Waals surface area (Å²) in [5, 5.41) is 4.18. The van der Waals surface area contributed by atoms with Gasteiger partial charge in [0.05, 0.1) is 7.11 Å². The molecule has 2 nitrogen and oxygen atoms in total. The molecule has 18 heavy (non-hydrogen) atoms. The van der Waals surface area contributed by atoms with E-state index < -0.39 is 0 Å². The molecule has 0 amide bonds. The maximum absolute atomic E-state index is 5.26. The number of rotatable bonds is 8. The van der Waals surface area contributed by atoms with E-state index in [0.29, 0.717) is 11.3 Å². The molecule has 0 heterocycles. The molecule has 1 aromatic carbocycles. The molecule has 1 rings (SSSR count). The number of nitrogens with one attached hydrogen (secondary N) is 1. The van der Waals surface area contributed by atoms with Crippen molar-refractivity contribution in [3.05, 3.63) is 24.3 Å². The highest BCUT2D eigenvalue weighted by Crippen LogP contribution is 2.28. The van der Waals surface area contributed by atoms with Gasteiger partial charge in [0.25, 0.3) is 0 Å². The Morgan fingerprint density at radius 1 is 1.33 bits per heavy atom. The molecule has 0 aliphatic carbocycles. The van der Waals surface area contributed by atoms with Gasteiger partial charge >= 0.3 is 0 Å². The van der Waals surface area contributed by atoms with Gasteiger partial charge in [0.1, 0.15) is 5.75 Å². The van der Waals surface area contributed by atoms with Crippen LogP contribution in [0.4, 0.5) is 0 Å². The smallest absolute Gasteiger partial charge is 0.119 e. The zero-order valence-electron chi connectivity index (χ0n) is 11.9. The molecule has 0 aliphatic rings. The molecule has 0 aromatic heterocycles. The first kappa shape index (κ1) is 15.4. The third kappa shape index (κ3) is 4.91. The van der Waals surface area contributed by atoms with Crippen molar-refractivity contribution >= 4 is 11.8 Å². The average Bonchev–Trinajstić information content (AvgIpc) is 2.40. The van der Waals surface area contributed by atoms with Crippen molar-refractivity contribution in [2.24, 2.45) is 0 Å². The Morgan fingerprint density at radius 3 is 2.72 bits per heavy atom. The minimum Gasteiger partial charge on any atom is -0.497 e. The van der Waals surface area contributed by atoms with Gasteiger partial charge in [-0.2, -0.15) is 0 Å². The van der Waals surface area contributed by atoms with Crippen LogP contribution in [0.5, 0.6) is 5.75 Å². The minimum absolute atomic E-state index is 0.564. The molecular formula is C15H25NOS. The summed E-state index contributed by atoms with van der Waals surface area (Å²) in [4.78, 5) is 1.28. The maximum Gasteiger partial charge on any atom is 0.119 e. The molecule has 1 N–H and O–H groups in total. The van der Waals surface area contributed by atoms with E-state index in [1.54, 1.807) is 7.11 Å². The van der Waals surface area contributed by atoms with E-state index in [9.17, 15) is 0 Å². The van der Waals surface area contributed by atoms with Gasteiger partial charge in [-0.15, -0.1) is 11.8 Å². The first-order valence-electron chi connectivity index (χ1n) is 6.75. The van der Waals surface area contributed by atoms with Crippen LogP contribution in [0.25, 0.3) is 0 Å². The fourth-order valence-corrected chi connectivity index (χ4v) is 3.17. The summed E-state index contributed by atoms with van der Waals surface area (Å²) < 4.78 is 5.26. The molecule has 102 valence electrons. The number of thioether (sulfide) groups is 1. The van der Waals surface area contributed by atoms with Gasteiger partial charge in [-0.25, -0.2) is 0 Å². The average molecular weight is 267 g/mol. The predicted molar refractivity (Wildman–Crippen MR) is 80.7 cm³/mol. The molecule has 0 aliphatic heterocycles. The van der Waals surface area contributed by atoms with Gasteiger partial charge in [0, 0.05) is 16.2 Å². The van der Waals surface area contributed by atoms with E-state index in [1.807, 2.05) is 23.9 Å². The van der Waals surface area contributed by atoms with Crippen molar-refractivity contribution in [2.45, 2.75) is 49.8 Å². The topological polar surface area (TPSA) is 21.3 Å². The molecule has 0 bridgehead atoms. The summed E-state index contributed by atoms with van der Waals surface area (Å²) in [5.74, 6) is 0.932. The minimum atomic E-state index is 0.564. The highest BCUT2D eigenvalue weighted by atomic mass is 32.2. The Bertz CT molecular complexity index is 343. The molecule has 0 saturated carbocycles. The first-order valence-corrected chi connectivity index (χ1v) is 7.63. The van der Waals surface area contributed by atoms with Crippen LogP contribution in [-0.4, -0.2) is 24.9 Å². The third-order valence-electron chi connectivity index (χ3n) is 3.03. The molecule has 0 saturated heterocycles. The first-order chi connectivity index (χ1) is 8.71. The van der Waals surface area contributed by atoms with E-state index in [-0.39, 0.29) is 0 Å². The molecule has 2 unspecified atom stereocenters. The number of benzene rings is 1. The van der Waals surface area contributed by atoms with Crippen LogP contribution >= 0.6 is 11.8 Å². The molecule has 0 fully saturated rings. The zero-order chi connectivity index (χ0) is 13.4. The van der Waals surface area contributed by atoms with E-state index in [4.69, 9.17) is 4.74 Å². The van der Waals surface area contributed by atoms with Crippen molar-refractivity contribution in [1.82, 2.24) is 5.32 Å². The second-order valence-corrected chi connectivity index (χ2v) is 5.92. The van der Waals surface area contributed by atoms with Gasteiger partial charge in [-0.1, -0.05) is 26.8 Å². The highest BCUT2D eigenvalue weighted by Gasteiger charge is 2.15. The van der Waals surface area contributed by atoms with Gasteiger partial charge < -0.3 is 10.1 Å². The normalized spacial score (nSPS) is 14.2. The molecule has 1 aromatic rings. The Labute approximate surface area is 116 Å². The second kappa shape index (κ2) is 8.44. The lowest BCUT2D eigenvalue weighted by atomic mass is 10.1. The lowest BCUT2D eigenvalue weighted by molar-refractivity contribution is 0.413. The van der Waals surface area contributed by atoms with Crippen LogP contribution in [0.3, 0.4) is 0 Å². The van der Waals surface area contributed by atoms with Gasteiger partial charge in [0.15, 0.2) is 0 Å². The van der Waals surface area contributed by atoms with E-state index in [1.165, 1.54) is 11.3 Å².